The monoisotopic (exact) mass is 514 g/mol. The van der Waals surface area contributed by atoms with Crippen molar-refractivity contribution in [2.45, 2.75) is 13.8 Å². The van der Waals surface area contributed by atoms with Crippen LogP contribution in [0.15, 0.2) is 23.2 Å². The van der Waals surface area contributed by atoms with Crippen molar-refractivity contribution in [1.29, 1.82) is 0 Å². The van der Waals surface area contributed by atoms with E-state index in [2.05, 4.69) is 15.2 Å². The van der Waals surface area contributed by atoms with E-state index in [0.29, 0.717) is 42.0 Å². The van der Waals surface area contributed by atoms with Gasteiger partial charge in [0.15, 0.2) is 5.96 Å². The first-order valence-corrected chi connectivity index (χ1v) is 9.14. The maximum absolute atomic E-state index is 11.4. The number of aliphatic imine (C=N–C) groups is 1. The number of amides is 1. The Morgan fingerprint density at radius 2 is 1.88 bits per heavy atom. The smallest absolute Gasteiger partial charge is 0.219 e. The summed E-state index contributed by atoms with van der Waals surface area (Å²) in [6.07, 6.45) is 0. The fourth-order valence-corrected chi connectivity index (χ4v) is 2.91. The van der Waals surface area contributed by atoms with E-state index < -0.39 is 0 Å². The van der Waals surface area contributed by atoms with Gasteiger partial charge in [0, 0.05) is 39.6 Å². The van der Waals surface area contributed by atoms with Gasteiger partial charge in [0.25, 0.3) is 0 Å². The van der Waals surface area contributed by atoms with Crippen molar-refractivity contribution in [3.8, 4) is 5.75 Å². The second-order valence-corrected chi connectivity index (χ2v) is 6.41. The quantitative estimate of drug-likeness (QED) is 0.284. The standard InChI is InChI=1S/C17H24Cl2N4O2.HI/c1-3-20-17(23-10-8-22(9-11-23)13(2)24)21-7-12-25-15-6-4-5-14(18)16(15)19;/h4-6H,3,7-12H2,1-2H3,(H,20,21);1H. The van der Waals surface area contributed by atoms with E-state index in [0.717, 1.165) is 25.6 Å². The number of nitrogens with zero attached hydrogens (tertiary/aromatic N) is 3. The van der Waals surface area contributed by atoms with Crippen molar-refractivity contribution in [2.75, 3.05) is 45.9 Å². The number of hydrogen-bond acceptors (Lipinski definition) is 3. The predicted octanol–water partition coefficient (Wildman–Crippen LogP) is 3.12. The number of piperazine rings is 1. The third kappa shape index (κ3) is 6.66. The van der Waals surface area contributed by atoms with Gasteiger partial charge >= 0.3 is 0 Å². The van der Waals surface area contributed by atoms with Crippen LogP contribution in [0, 0.1) is 0 Å². The highest BCUT2D eigenvalue weighted by Gasteiger charge is 2.20. The zero-order valence-electron chi connectivity index (χ0n) is 15.0. The average molecular weight is 515 g/mol. The molecule has 9 heteroatoms. The summed E-state index contributed by atoms with van der Waals surface area (Å²) in [6.45, 7) is 8.30. The molecule has 0 saturated carbocycles. The SMILES string of the molecule is CCNC(=NCCOc1cccc(Cl)c1Cl)N1CCN(C(C)=O)CC1.I. The fraction of sp³-hybridized carbons (Fsp3) is 0.529. The van der Waals surface area contributed by atoms with Gasteiger partial charge in [-0.05, 0) is 19.1 Å². The second kappa shape index (κ2) is 11.7. The van der Waals surface area contributed by atoms with Crippen LogP contribution in [0.3, 0.4) is 0 Å². The molecule has 0 spiro atoms. The average Bonchev–Trinajstić information content (AvgIpc) is 2.61. The minimum Gasteiger partial charge on any atom is -0.490 e. The molecular formula is C17H25Cl2IN4O2. The van der Waals surface area contributed by atoms with Gasteiger partial charge in [0.05, 0.1) is 11.6 Å². The van der Waals surface area contributed by atoms with Gasteiger partial charge in [0.1, 0.15) is 17.4 Å². The van der Waals surface area contributed by atoms with Crippen LogP contribution < -0.4 is 10.1 Å². The molecule has 1 fully saturated rings. The van der Waals surface area contributed by atoms with Crippen LogP contribution >= 0.6 is 47.2 Å². The molecule has 1 N–H and O–H groups in total. The van der Waals surface area contributed by atoms with Crippen molar-refractivity contribution >= 4 is 59.0 Å². The molecule has 0 aliphatic carbocycles. The van der Waals surface area contributed by atoms with Crippen molar-refractivity contribution in [3.05, 3.63) is 28.2 Å². The van der Waals surface area contributed by atoms with Gasteiger partial charge in [0.2, 0.25) is 5.91 Å². The molecule has 1 aromatic rings. The molecule has 1 aromatic carbocycles. The number of ether oxygens (including phenoxy) is 1. The summed E-state index contributed by atoms with van der Waals surface area (Å²) in [5.41, 5.74) is 0. The highest BCUT2D eigenvalue weighted by molar-refractivity contribution is 14.0. The zero-order valence-corrected chi connectivity index (χ0v) is 18.8. The normalized spacial score (nSPS) is 14.7. The fourth-order valence-electron chi connectivity index (χ4n) is 2.56. The van der Waals surface area contributed by atoms with Gasteiger partial charge in [-0.3, -0.25) is 4.79 Å². The van der Waals surface area contributed by atoms with E-state index >= 15 is 0 Å². The molecule has 1 aliphatic heterocycles. The maximum Gasteiger partial charge on any atom is 0.219 e. The topological polar surface area (TPSA) is 57.2 Å². The molecule has 0 unspecified atom stereocenters. The van der Waals surface area contributed by atoms with E-state index in [1.54, 1.807) is 25.1 Å². The molecule has 6 nitrogen and oxygen atoms in total. The highest BCUT2D eigenvalue weighted by atomic mass is 127. The van der Waals surface area contributed by atoms with Gasteiger partial charge in [-0.15, -0.1) is 24.0 Å². The van der Waals surface area contributed by atoms with Gasteiger partial charge in [-0.1, -0.05) is 29.3 Å². The molecule has 1 heterocycles. The Labute approximate surface area is 181 Å². The number of guanidine groups is 1. The van der Waals surface area contributed by atoms with Crippen LogP contribution in [0.2, 0.25) is 10.0 Å². The van der Waals surface area contributed by atoms with Crippen molar-refractivity contribution in [3.63, 3.8) is 0 Å². The van der Waals surface area contributed by atoms with E-state index in [-0.39, 0.29) is 29.9 Å². The molecule has 0 radical (unpaired) electrons. The molecule has 0 aromatic heterocycles. The first kappa shape index (κ1) is 23.1. The van der Waals surface area contributed by atoms with Crippen LogP contribution in [0.1, 0.15) is 13.8 Å². The third-order valence-corrected chi connectivity index (χ3v) is 4.69. The third-order valence-electron chi connectivity index (χ3n) is 3.89. The first-order chi connectivity index (χ1) is 12.0. The number of rotatable bonds is 5. The van der Waals surface area contributed by atoms with Crippen molar-refractivity contribution in [1.82, 2.24) is 15.1 Å². The van der Waals surface area contributed by atoms with E-state index in [1.807, 2.05) is 11.8 Å². The van der Waals surface area contributed by atoms with Crippen molar-refractivity contribution in [2.24, 2.45) is 4.99 Å². The molecule has 1 saturated heterocycles. The lowest BCUT2D eigenvalue weighted by molar-refractivity contribution is -0.130. The van der Waals surface area contributed by atoms with Crippen LogP contribution in [-0.4, -0.2) is 67.5 Å². The number of carbonyl (C=O) groups is 1. The summed E-state index contributed by atoms with van der Waals surface area (Å²) >= 11 is 12.1. The predicted molar refractivity (Wildman–Crippen MR) is 117 cm³/mol. The Morgan fingerprint density at radius 1 is 1.23 bits per heavy atom. The molecule has 26 heavy (non-hydrogen) atoms. The minimum absolute atomic E-state index is 0. The van der Waals surface area contributed by atoms with E-state index in [4.69, 9.17) is 27.9 Å². The lowest BCUT2D eigenvalue weighted by Crippen LogP contribution is -2.53. The molecular weight excluding hydrogens is 490 g/mol. The minimum atomic E-state index is 0. The summed E-state index contributed by atoms with van der Waals surface area (Å²) in [4.78, 5) is 20.0. The second-order valence-electron chi connectivity index (χ2n) is 5.63. The van der Waals surface area contributed by atoms with Gasteiger partial charge < -0.3 is 19.9 Å². The molecule has 1 aliphatic rings. The highest BCUT2D eigenvalue weighted by Crippen LogP contribution is 2.31. The lowest BCUT2D eigenvalue weighted by atomic mass is 10.3. The Kier molecular flexibility index (Phi) is 10.4. The van der Waals surface area contributed by atoms with E-state index in [9.17, 15) is 4.79 Å². The number of carbonyl (C=O) groups excluding carboxylic acids is 1. The summed E-state index contributed by atoms with van der Waals surface area (Å²) in [7, 11) is 0. The van der Waals surface area contributed by atoms with Gasteiger partial charge in [-0.25, -0.2) is 4.99 Å². The van der Waals surface area contributed by atoms with Crippen LogP contribution in [0.25, 0.3) is 0 Å². The number of hydrogen-bond donors (Lipinski definition) is 1. The largest absolute Gasteiger partial charge is 0.490 e. The zero-order chi connectivity index (χ0) is 18.2. The molecule has 0 bridgehead atoms. The van der Waals surface area contributed by atoms with E-state index in [1.165, 1.54) is 0 Å². The number of benzene rings is 1. The Bertz CT molecular complexity index is 623. The Balaban J connectivity index is 0.00000338. The van der Waals surface area contributed by atoms with Crippen molar-refractivity contribution < 1.29 is 9.53 Å². The number of nitrogens with one attached hydrogen (secondary N) is 1. The summed E-state index contributed by atoms with van der Waals surface area (Å²) in [5, 5.41) is 4.17. The van der Waals surface area contributed by atoms with Crippen LogP contribution in [0.4, 0.5) is 0 Å². The maximum atomic E-state index is 11.4. The molecule has 146 valence electrons. The lowest BCUT2D eigenvalue weighted by Gasteiger charge is -2.36. The molecule has 0 atom stereocenters. The number of halogens is 3. The first-order valence-electron chi connectivity index (χ1n) is 8.38. The summed E-state index contributed by atoms with van der Waals surface area (Å²) < 4.78 is 5.66. The summed E-state index contributed by atoms with van der Waals surface area (Å²) in [5.74, 6) is 1.52. The Hall–Kier alpha value is -0.930. The van der Waals surface area contributed by atoms with Crippen LogP contribution in [-0.2, 0) is 4.79 Å². The Morgan fingerprint density at radius 3 is 2.50 bits per heavy atom. The summed E-state index contributed by atoms with van der Waals surface area (Å²) in [6, 6.07) is 5.30. The van der Waals surface area contributed by atoms with Gasteiger partial charge in [-0.2, -0.15) is 0 Å². The van der Waals surface area contributed by atoms with Crippen LogP contribution in [0.5, 0.6) is 5.75 Å². The molecule has 1 amide bonds. The molecule has 2 rings (SSSR count).